The fourth-order valence-corrected chi connectivity index (χ4v) is 0.743. The average molecular weight is 314 g/mol. The van der Waals surface area contributed by atoms with Gasteiger partial charge in [-0.05, 0) is 0 Å². The summed E-state index contributed by atoms with van der Waals surface area (Å²) in [5, 5.41) is 0. The second-order valence-corrected chi connectivity index (χ2v) is 3.20. The maximum Gasteiger partial charge on any atom is 0.460 e. The minimum atomic E-state index is -7.60. The van der Waals surface area contributed by atoms with Crippen LogP contribution in [-0.4, -0.2) is 29.9 Å². The SMILES string of the molecule is C=C(F)C(F)(F)C(F)(F)C(F)(F)C(F)(F)C(F)(F)F. The van der Waals surface area contributed by atoms with Crippen LogP contribution in [0.2, 0.25) is 0 Å². The first-order valence-corrected chi connectivity index (χ1v) is 3.87. The molecule has 0 rings (SSSR count). The van der Waals surface area contributed by atoms with Crippen molar-refractivity contribution in [1.82, 2.24) is 0 Å². The number of hydrogen-bond donors (Lipinski definition) is 0. The summed E-state index contributed by atoms with van der Waals surface area (Å²) in [6, 6.07) is 0. The molecule has 0 aliphatic rings. The third-order valence-electron chi connectivity index (χ3n) is 1.88. The zero-order valence-corrected chi connectivity index (χ0v) is 8.24. The molecule has 0 unspecified atom stereocenters. The van der Waals surface area contributed by atoms with Crippen molar-refractivity contribution >= 4 is 0 Å². The molecule has 0 N–H and O–H groups in total. The lowest BCUT2D eigenvalue weighted by atomic mass is 9.97. The van der Waals surface area contributed by atoms with E-state index in [4.69, 9.17) is 0 Å². The fourth-order valence-electron chi connectivity index (χ4n) is 0.743. The molecule has 0 spiro atoms. The molecule has 0 radical (unpaired) electrons. The summed E-state index contributed by atoms with van der Waals surface area (Å²) in [6.07, 6.45) is -7.26. The predicted molar refractivity (Wildman–Crippen MR) is 36.1 cm³/mol. The number of hydrogen-bond acceptors (Lipinski definition) is 0. The Kier molecular flexibility index (Phi) is 3.96. The Bertz CT molecular complexity index is 361. The van der Waals surface area contributed by atoms with Gasteiger partial charge in [0.25, 0.3) is 0 Å². The molecule has 0 aromatic carbocycles. The van der Waals surface area contributed by atoms with Gasteiger partial charge in [0.05, 0.1) is 0 Å². The van der Waals surface area contributed by atoms with E-state index in [-0.39, 0.29) is 0 Å². The Labute approximate surface area is 96.2 Å². The Hall–Kier alpha value is -1.10. The molecule has 0 amide bonds. The van der Waals surface area contributed by atoms with Crippen LogP contribution in [0.1, 0.15) is 0 Å². The van der Waals surface area contributed by atoms with Gasteiger partial charge < -0.3 is 0 Å². The molecule has 0 nitrogen and oxygen atoms in total. The van der Waals surface area contributed by atoms with Crippen LogP contribution >= 0.6 is 0 Å². The second-order valence-electron chi connectivity index (χ2n) is 3.20. The van der Waals surface area contributed by atoms with Crippen LogP contribution in [0.4, 0.5) is 52.7 Å². The number of allylic oxidation sites excluding steroid dienone is 1. The van der Waals surface area contributed by atoms with Crippen LogP contribution in [0.5, 0.6) is 0 Å². The Morgan fingerprint density at radius 2 is 0.895 bits per heavy atom. The van der Waals surface area contributed by atoms with Crippen LogP contribution < -0.4 is 0 Å². The van der Waals surface area contributed by atoms with E-state index in [1.165, 1.54) is 6.58 Å². The molecule has 0 bridgehead atoms. The molecular weight excluding hydrogens is 312 g/mol. The third-order valence-corrected chi connectivity index (χ3v) is 1.88. The monoisotopic (exact) mass is 314 g/mol. The summed E-state index contributed by atoms with van der Waals surface area (Å²) in [6.45, 7) is 1.49. The van der Waals surface area contributed by atoms with Crippen molar-refractivity contribution in [3.8, 4) is 0 Å². The summed E-state index contributed by atoms with van der Waals surface area (Å²) < 4.78 is 145. The van der Waals surface area contributed by atoms with Crippen molar-refractivity contribution in [2.24, 2.45) is 0 Å². The molecule has 12 heteroatoms. The van der Waals surface area contributed by atoms with Crippen molar-refractivity contribution < 1.29 is 52.7 Å². The maximum atomic E-state index is 12.5. The van der Waals surface area contributed by atoms with Gasteiger partial charge in [0.1, 0.15) is 0 Å². The van der Waals surface area contributed by atoms with Gasteiger partial charge in [0.2, 0.25) is 0 Å². The van der Waals surface area contributed by atoms with Gasteiger partial charge in [-0.25, -0.2) is 4.39 Å². The summed E-state index contributed by atoms with van der Waals surface area (Å²) >= 11 is 0. The highest BCUT2D eigenvalue weighted by atomic mass is 19.4. The average Bonchev–Trinajstić information content (AvgIpc) is 2.14. The quantitative estimate of drug-likeness (QED) is 0.667. The highest BCUT2D eigenvalue weighted by Crippen LogP contribution is 2.58. The fraction of sp³-hybridized carbons (Fsp3) is 0.714. The molecule has 0 saturated carbocycles. The summed E-state index contributed by atoms with van der Waals surface area (Å²) in [5.41, 5.74) is 0. The Balaban J connectivity index is 5.99. The molecule has 0 atom stereocenters. The summed E-state index contributed by atoms with van der Waals surface area (Å²) in [4.78, 5) is 0. The van der Waals surface area contributed by atoms with E-state index in [0.29, 0.717) is 0 Å². The molecule has 0 saturated heterocycles. The van der Waals surface area contributed by atoms with Crippen molar-refractivity contribution in [3.05, 3.63) is 12.4 Å². The van der Waals surface area contributed by atoms with Crippen molar-refractivity contribution in [2.45, 2.75) is 29.9 Å². The van der Waals surface area contributed by atoms with Crippen LogP contribution in [-0.2, 0) is 0 Å². The molecule has 0 heterocycles. The third kappa shape index (κ3) is 2.24. The first kappa shape index (κ1) is 17.9. The van der Waals surface area contributed by atoms with Crippen LogP contribution in [0, 0.1) is 0 Å². The van der Waals surface area contributed by atoms with Crippen LogP contribution in [0.3, 0.4) is 0 Å². The topological polar surface area (TPSA) is 0 Å². The minimum absolute atomic E-state index is 1.49. The number of halogens is 12. The summed E-state index contributed by atoms with van der Waals surface area (Å²) in [7, 11) is 0. The molecular formula is C7H2F12. The molecule has 0 fully saturated rings. The first-order valence-electron chi connectivity index (χ1n) is 3.87. The largest absolute Gasteiger partial charge is 0.460 e. The molecule has 0 aliphatic heterocycles. The maximum absolute atomic E-state index is 12.5. The van der Waals surface area contributed by atoms with Gasteiger partial charge in [-0.2, -0.15) is 48.3 Å². The molecule has 0 aliphatic carbocycles. The van der Waals surface area contributed by atoms with E-state index >= 15 is 0 Å². The van der Waals surface area contributed by atoms with Gasteiger partial charge in [-0.15, -0.1) is 0 Å². The second kappa shape index (κ2) is 4.20. The normalized spacial score (nSPS) is 15.6. The van der Waals surface area contributed by atoms with E-state index in [1.54, 1.807) is 0 Å². The van der Waals surface area contributed by atoms with Gasteiger partial charge >= 0.3 is 29.9 Å². The first-order chi connectivity index (χ1) is 7.94. The highest BCUT2D eigenvalue weighted by Gasteiger charge is 2.87. The predicted octanol–water partition coefficient (Wildman–Crippen LogP) is 4.57. The molecule has 0 aromatic heterocycles. The van der Waals surface area contributed by atoms with Crippen molar-refractivity contribution in [2.75, 3.05) is 0 Å². The van der Waals surface area contributed by atoms with E-state index < -0.39 is 35.7 Å². The highest BCUT2D eigenvalue weighted by molar-refractivity contribution is 5.14. The van der Waals surface area contributed by atoms with E-state index in [1.807, 2.05) is 0 Å². The molecule has 114 valence electrons. The van der Waals surface area contributed by atoms with E-state index in [2.05, 4.69) is 0 Å². The van der Waals surface area contributed by atoms with Gasteiger partial charge in [0, 0.05) is 0 Å². The lowest BCUT2D eigenvalue weighted by Crippen LogP contribution is -2.66. The van der Waals surface area contributed by atoms with E-state index in [0.717, 1.165) is 0 Å². The van der Waals surface area contributed by atoms with Gasteiger partial charge in [0.15, 0.2) is 5.83 Å². The minimum Gasteiger partial charge on any atom is -0.206 e. The Morgan fingerprint density at radius 1 is 0.579 bits per heavy atom. The molecule has 0 aromatic rings. The standard InChI is InChI=1S/C7H2F12/c1-2(8)3(9,10)4(11,12)5(13,14)6(15,16)7(17,18)19/h1H2. The lowest BCUT2D eigenvalue weighted by molar-refractivity contribution is -0.419. The lowest BCUT2D eigenvalue weighted by Gasteiger charge is -2.36. The van der Waals surface area contributed by atoms with Gasteiger partial charge in [-0.1, -0.05) is 6.58 Å². The van der Waals surface area contributed by atoms with Crippen molar-refractivity contribution in [1.29, 1.82) is 0 Å². The van der Waals surface area contributed by atoms with Crippen LogP contribution in [0.25, 0.3) is 0 Å². The number of alkyl halides is 11. The van der Waals surface area contributed by atoms with Crippen molar-refractivity contribution in [3.63, 3.8) is 0 Å². The number of rotatable bonds is 4. The zero-order chi connectivity index (χ0) is 16.1. The molecule has 19 heavy (non-hydrogen) atoms. The smallest absolute Gasteiger partial charge is 0.206 e. The Morgan fingerprint density at radius 3 is 1.11 bits per heavy atom. The zero-order valence-electron chi connectivity index (χ0n) is 8.24. The van der Waals surface area contributed by atoms with Crippen LogP contribution in [0.15, 0.2) is 12.4 Å². The summed E-state index contributed by atoms with van der Waals surface area (Å²) in [5.74, 6) is -32.6. The van der Waals surface area contributed by atoms with E-state index in [9.17, 15) is 52.7 Å². The van der Waals surface area contributed by atoms with Gasteiger partial charge in [-0.3, -0.25) is 0 Å².